The standard InChI is InChI=1S/C32H40N2O/c1-35-26-10-9-24-17-29-31-13-11-25-21-34(20-22-5-3-2-4-6-22)28(12-14-31)30(25)32(31,27(24)18-26)15-16-33(29)19-23-7-8-23/h2-6,9-10,18,23,25,28-30H,7-8,11-17,19-21H2,1H3. The van der Waals surface area contributed by atoms with Gasteiger partial charge in [-0.25, -0.2) is 0 Å². The van der Waals surface area contributed by atoms with Gasteiger partial charge in [-0.3, -0.25) is 9.80 Å². The highest BCUT2D eigenvalue weighted by Gasteiger charge is 2.73. The first-order valence-corrected chi connectivity index (χ1v) is 14.4. The molecule has 184 valence electrons. The first-order chi connectivity index (χ1) is 17.2. The minimum atomic E-state index is 0.344. The van der Waals surface area contributed by atoms with Crippen LogP contribution in [0.15, 0.2) is 48.5 Å². The molecule has 5 fully saturated rings. The van der Waals surface area contributed by atoms with Crippen LogP contribution in [0.4, 0.5) is 0 Å². The summed E-state index contributed by atoms with van der Waals surface area (Å²) in [4.78, 5) is 5.91. The van der Waals surface area contributed by atoms with Crippen molar-refractivity contribution in [3.8, 4) is 5.75 Å². The molecule has 3 saturated carbocycles. The zero-order valence-corrected chi connectivity index (χ0v) is 21.3. The van der Waals surface area contributed by atoms with Gasteiger partial charge in [-0.1, -0.05) is 36.4 Å². The van der Waals surface area contributed by atoms with Crippen molar-refractivity contribution in [3.63, 3.8) is 0 Å². The maximum absolute atomic E-state index is 5.84. The second kappa shape index (κ2) is 7.59. The Balaban J connectivity index is 1.25. The fourth-order valence-corrected chi connectivity index (χ4v) is 10.3. The maximum Gasteiger partial charge on any atom is 0.119 e. The second-order valence-electron chi connectivity index (χ2n) is 12.9. The number of benzene rings is 2. The number of likely N-dealkylation sites (tertiary alicyclic amines) is 2. The number of nitrogens with zero attached hydrogens (tertiary/aromatic N) is 2. The summed E-state index contributed by atoms with van der Waals surface area (Å²) < 4.78 is 5.84. The number of rotatable bonds is 5. The monoisotopic (exact) mass is 468 g/mol. The largest absolute Gasteiger partial charge is 0.497 e. The van der Waals surface area contributed by atoms with Crippen LogP contribution in [0.3, 0.4) is 0 Å². The predicted molar refractivity (Wildman–Crippen MR) is 140 cm³/mol. The highest BCUT2D eigenvalue weighted by molar-refractivity contribution is 5.50. The molecule has 0 aromatic heterocycles. The molecule has 4 aliphatic carbocycles. The fraction of sp³-hybridized carbons (Fsp3) is 0.625. The van der Waals surface area contributed by atoms with Gasteiger partial charge in [0, 0.05) is 37.1 Å². The van der Waals surface area contributed by atoms with Crippen LogP contribution in [-0.2, 0) is 18.4 Å². The van der Waals surface area contributed by atoms with E-state index in [1.807, 2.05) is 7.11 Å². The van der Waals surface area contributed by atoms with E-state index in [1.54, 1.807) is 11.1 Å². The molecule has 3 heteroatoms. The molecule has 2 saturated heterocycles. The molecule has 6 aliphatic rings. The third kappa shape index (κ3) is 2.86. The van der Waals surface area contributed by atoms with Gasteiger partial charge in [-0.15, -0.1) is 0 Å². The van der Waals surface area contributed by atoms with E-state index in [2.05, 4.69) is 58.3 Å². The molecule has 6 unspecified atom stereocenters. The van der Waals surface area contributed by atoms with Crippen LogP contribution in [0.1, 0.15) is 61.6 Å². The highest BCUT2D eigenvalue weighted by atomic mass is 16.5. The molecule has 2 aromatic rings. The van der Waals surface area contributed by atoms with E-state index in [0.717, 1.165) is 42.1 Å². The van der Waals surface area contributed by atoms with Gasteiger partial charge in [0.25, 0.3) is 0 Å². The van der Waals surface area contributed by atoms with Crippen molar-refractivity contribution in [1.82, 2.24) is 9.80 Å². The molecular weight excluding hydrogens is 428 g/mol. The Hall–Kier alpha value is -1.84. The average Bonchev–Trinajstić information content (AvgIpc) is 3.62. The van der Waals surface area contributed by atoms with Crippen LogP contribution in [0.25, 0.3) is 0 Å². The minimum absolute atomic E-state index is 0.344. The molecule has 0 radical (unpaired) electrons. The summed E-state index contributed by atoms with van der Waals surface area (Å²) in [5.74, 6) is 3.72. The van der Waals surface area contributed by atoms with Crippen LogP contribution < -0.4 is 4.74 Å². The zero-order valence-electron chi connectivity index (χ0n) is 21.3. The second-order valence-corrected chi connectivity index (χ2v) is 12.9. The van der Waals surface area contributed by atoms with E-state index >= 15 is 0 Å². The van der Waals surface area contributed by atoms with Crippen LogP contribution in [-0.4, -0.2) is 48.6 Å². The number of hydrogen-bond donors (Lipinski definition) is 0. The number of fused-ring (bicyclic) bond motifs is 1. The summed E-state index contributed by atoms with van der Waals surface area (Å²) in [5.41, 5.74) is 5.66. The van der Waals surface area contributed by atoms with Gasteiger partial charge in [-0.05, 0) is 110 Å². The SMILES string of the molecule is COc1ccc2c(c1)C13CCN(CC4CC4)C(C2)C12CCC1CN(Cc4ccccc4)C(CC2)C13. The molecule has 2 aliphatic heterocycles. The Kier molecular flexibility index (Phi) is 4.61. The van der Waals surface area contributed by atoms with Crippen molar-refractivity contribution in [2.24, 2.45) is 23.2 Å². The lowest BCUT2D eigenvalue weighted by Crippen LogP contribution is -2.74. The molecule has 4 bridgehead atoms. The maximum atomic E-state index is 5.84. The zero-order chi connectivity index (χ0) is 23.2. The number of hydrogen-bond acceptors (Lipinski definition) is 3. The Bertz CT molecular complexity index is 1130. The molecule has 8 rings (SSSR count). The third-order valence-corrected chi connectivity index (χ3v) is 11.7. The topological polar surface area (TPSA) is 15.7 Å². The summed E-state index contributed by atoms with van der Waals surface area (Å²) in [5, 5.41) is 0. The summed E-state index contributed by atoms with van der Waals surface area (Å²) >= 11 is 0. The van der Waals surface area contributed by atoms with Gasteiger partial charge in [0.1, 0.15) is 5.75 Å². The van der Waals surface area contributed by atoms with E-state index < -0.39 is 0 Å². The molecule has 35 heavy (non-hydrogen) atoms. The molecule has 3 nitrogen and oxygen atoms in total. The molecule has 2 heterocycles. The number of piperidine rings is 1. The molecule has 0 amide bonds. The van der Waals surface area contributed by atoms with Crippen molar-refractivity contribution >= 4 is 0 Å². The first kappa shape index (κ1) is 21.3. The van der Waals surface area contributed by atoms with Crippen molar-refractivity contribution in [2.45, 2.75) is 75.4 Å². The van der Waals surface area contributed by atoms with E-state index in [1.165, 1.54) is 76.6 Å². The normalized spacial score (nSPS) is 39.7. The lowest BCUT2D eigenvalue weighted by molar-refractivity contribution is -0.164. The molecular formula is C32H40N2O. The third-order valence-electron chi connectivity index (χ3n) is 11.7. The van der Waals surface area contributed by atoms with Crippen molar-refractivity contribution in [3.05, 3.63) is 65.2 Å². The number of ether oxygens (including phenoxy) is 1. The Morgan fingerprint density at radius 3 is 2.63 bits per heavy atom. The minimum Gasteiger partial charge on any atom is -0.497 e. The summed E-state index contributed by atoms with van der Waals surface area (Å²) in [6.07, 6.45) is 11.3. The first-order valence-electron chi connectivity index (χ1n) is 14.4. The van der Waals surface area contributed by atoms with Crippen molar-refractivity contribution < 1.29 is 4.74 Å². The Morgan fingerprint density at radius 1 is 0.943 bits per heavy atom. The van der Waals surface area contributed by atoms with E-state index in [0.29, 0.717) is 10.8 Å². The quantitative estimate of drug-likeness (QED) is 0.563. The Morgan fingerprint density at radius 2 is 1.80 bits per heavy atom. The molecule has 0 spiro atoms. The lowest BCUT2D eigenvalue weighted by Gasteiger charge is -2.72. The van der Waals surface area contributed by atoms with Gasteiger partial charge >= 0.3 is 0 Å². The highest BCUT2D eigenvalue weighted by Crippen LogP contribution is 2.73. The van der Waals surface area contributed by atoms with Crippen LogP contribution in [0.2, 0.25) is 0 Å². The van der Waals surface area contributed by atoms with E-state index in [-0.39, 0.29) is 0 Å². The van der Waals surface area contributed by atoms with Crippen LogP contribution in [0.5, 0.6) is 5.75 Å². The lowest BCUT2D eigenvalue weighted by atomic mass is 9.35. The van der Waals surface area contributed by atoms with Gasteiger partial charge in [0.05, 0.1) is 7.11 Å². The van der Waals surface area contributed by atoms with Crippen LogP contribution in [0, 0.1) is 23.2 Å². The smallest absolute Gasteiger partial charge is 0.119 e. The fourth-order valence-electron chi connectivity index (χ4n) is 10.3. The van der Waals surface area contributed by atoms with E-state index in [4.69, 9.17) is 4.74 Å². The average molecular weight is 469 g/mol. The van der Waals surface area contributed by atoms with Crippen LogP contribution >= 0.6 is 0 Å². The molecule has 6 atom stereocenters. The van der Waals surface area contributed by atoms with Gasteiger partial charge in [-0.2, -0.15) is 0 Å². The molecule has 0 N–H and O–H groups in total. The van der Waals surface area contributed by atoms with Gasteiger partial charge < -0.3 is 4.74 Å². The predicted octanol–water partition coefficient (Wildman–Crippen LogP) is 5.66. The van der Waals surface area contributed by atoms with Crippen molar-refractivity contribution in [1.29, 1.82) is 0 Å². The molecule has 2 aromatic carbocycles. The summed E-state index contributed by atoms with van der Waals surface area (Å²) in [7, 11) is 1.85. The summed E-state index contributed by atoms with van der Waals surface area (Å²) in [6.45, 7) is 5.11. The van der Waals surface area contributed by atoms with E-state index in [9.17, 15) is 0 Å². The number of methoxy groups -OCH3 is 1. The summed E-state index contributed by atoms with van der Waals surface area (Å²) in [6, 6.07) is 19.9. The van der Waals surface area contributed by atoms with Gasteiger partial charge in [0.2, 0.25) is 0 Å². The van der Waals surface area contributed by atoms with Crippen molar-refractivity contribution in [2.75, 3.05) is 26.7 Å². The Labute approximate surface area is 210 Å². The van der Waals surface area contributed by atoms with Gasteiger partial charge in [0.15, 0.2) is 0 Å².